The van der Waals surface area contributed by atoms with Crippen LogP contribution in [0.5, 0.6) is 11.5 Å². The second-order valence-corrected chi connectivity index (χ2v) is 7.46. The molecule has 4 rings (SSSR count). The molecular formula is C24H20N4O3S. The summed E-state index contributed by atoms with van der Waals surface area (Å²) in [4.78, 5) is 27.0. The molecule has 8 heteroatoms. The van der Waals surface area contributed by atoms with E-state index < -0.39 is 5.91 Å². The van der Waals surface area contributed by atoms with Crippen LogP contribution in [-0.4, -0.2) is 27.9 Å². The van der Waals surface area contributed by atoms with Gasteiger partial charge in [0, 0.05) is 17.6 Å². The van der Waals surface area contributed by atoms with E-state index in [1.807, 2.05) is 60.7 Å². The number of anilines is 1. The summed E-state index contributed by atoms with van der Waals surface area (Å²) >= 11 is 1.08. The van der Waals surface area contributed by atoms with Gasteiger partial charge in [-0.25, -0.2) is 0 Å². The number of nitrogens with one attached hydrogen (secondary N) is 1. The van der Waals surface area contributed by atoms with Crippen molar-refractivity contribution in [2.75, 3.05) is 11.4 Å². The van der Waals surface area contributed by atoms with Crippen LogP contribution in [0.25, 0.3) is 0 Å². The highest BCUT2D eigenvalue weighted by Crippen LogP contribution is 2.25. The second-order valence-electron chi connectivity index (χ2n) is 6.85. The molecule has 0 aliphatic rings. The van der Waals surface area contributed by atoms with Gasteiger partial charge in [-0.1, -0.05) is 53.0 Å². The van der Waals surface area contributed by atoms with Gasteiger partial charge in [0.1, 0.15) is 18.0 Å². The molecule has 1 N–H and O–H groups in total. The molecule has 0 fully saturated rings. The van der Waals surface area contributed by atoms with Gasteiger partial charge in [0.15, 0.2) is 5.69 Å². The molecule has 0 bridgehead atoms. The number of para-hydroxylation sites is 1. The van der Waals surface area contributed by atoms with Gasteiger partial charge in [-0.3, -0.25) is 14.5 Å². The van der Waals surface area contributed by atoms with Gasteiger partial charge in [0.2, 0.25) is 5.91 Å². The molecule has 2 amide bonds. The Morgan fingerprint density at radius 2 is 1.53 bits per heavy atom. The quantitative estimate of drug-likeness (QED) is 0.438. The largest absolute Gasteiger partial charge is 0.457 e. The number of rotatable bonds is 8. The zero-order valence-corrected chi connectivity index (χ0v) is 17.9. The van der Waals surface area contributed by atoms with Crippen molar-refractivity contribution >= 4 is 29.0 Å². The van der Waals surface area contributed by atoms with Crippen molar-refractivity contribution in [2.24, 2.45) is 0 Å². The van der Waals surface area contributed by atoms with E-state index >= 15 is 0 Å². The molecule has 3 aromatic carbocycles. The maximum absolute atomic E-state index is 13.0. The minimum Gasteiger partial charge on any atom is -0.457 e. The smallest absolute Gasteiger partial charge is 0.280 e. The number of nitrogens with zero attached hydrogens (tertiary/aromatic N) is 3. The number of hydrogen-bond acceptors (Lipinski definition) is 6. The number of ether oxygens (including phenoxy) is 1. The Morgan fingerprint density at radius 1 is 0.875 bits per heavy atom. The van der Waals surface area contributed by atoms with E-state index in [4.69, 9.17) is 4.74 Å². The highest BCUT2D eigenvalue weighted by molar-refractivity contribution is 7.03. The van der Waals surface area contributed by atoms with Crippen molar-refractivity contribution in [3.8, 4) is 11.5 Å². The predicted molar refractivity (Wildman–Crippen MR) is 123 cm³/mol. The summed E-state index contributed by atoms with van der Waals surface area (Å²) in [5.41, 5.74) is 1.72. The standard InChI is InChI=1S/C24H20N4O3S/c29-23(25-15-18-7-3-1-4-8-18)16-28(24(30)22-17-32-27-26-22)19-11-13-21(14-12-19)31-20-9-5-2-6-10-20/h1-14,17H,15-16H2,(H,25,29). The van der Waals surface area contributed by atoms with Gasteiger partial charge < -0.3 is 10.1 Å². The lowest BCUT2D eigenvalue weighted by molar-refractivity contribution is -0.119. The van der Waals surface area contributed by atoms with E-state index in [-0.39, 0.29) is 18.1 Å². The number of amides is 2. The van der Waals surface area contributed by atoms with Crippen LogP contribution in [0, 0.1) is 0 Å². The fraction of sp³-hybridized carbons (Fsp3) is 0.0833. The monoisotopic (exact) mass is 444 g/mol. The first-order chi connectivity index (χ1) is 15.7. The first-order valence-corrected chi connectivity index (χ1v) is 10.8. The molecule has 0 saturated carbocycles. The molecule has 1 aromatic heterocycles. The third-order valence-corrected chi connectivity index (χ3v) is 5.09. The fourth-order valence-corrected chi connectivity index (χ4v) is 3.42. The third-order valence-electron chi connectivity index (χ3n) is 4.59. The maximum Gasteiger partial charge on any atom is 0.280 e. The summed E-state index contributed by atoms with van der Waals surface area (Å²) in [6.07, 6.45) is 0. The molecule has 4 aromatic rings. The van der Waals surface area contributed by atoms with Gasteiger partial charge in [-0.15, -0.1) is 5.10 Å². The van der Waals surface area contributed by atoms with Crippen LogP contribution in [0.15, 0.2) is 90.3 Å². The molecule has 0 aliphatic carbocycles. The molecule has 7 nitrogen and oxygen atoms in total. The molecule has 0 saturated heterocycles. The Bertz CT molecular complexity index is 1150. The number of benzene rings is 3. The highest BCUT2D eigenvalue weighted by Gasteiger charge is 2.23. The van der Waals surface area contributed by atoms with Crippen LogP contribution in [0.4, 0.5) is 5.69 Å². The zero-order valence-electron chi connectivity index (χ0n) is 17.0. The van der Waals surface area contributed by atoms with E-state index in [0.29, 0.717) is 23.7 Å². The molecular weight excluding hydrogens is 424 g/mol. The highest BCUT2D eigenvalue weighted by atomic mass is 32.1. The van der Waals surface area contributed by atoms with Crippen molar-refractivity contribution < 1.29 is 14.3 Å². The number of hydrogen-bond donors (Lipinski definition) is 1. The average Bonchev–Trinajstić information content (AvgIpc) is 3.38. The van der Waals surface area contributed by atoms with Gasteiger partial charge in [-0.05, 0) is 53.5 Å². The Kier molecular flexibility index (Phi) is 6.84. The van der Waals surface area contributed by atoms with Crippen LogP contribution >= 0.6 is 11.5 Å². The van der Waals surface area contributed by atoms with Crippen LogP contribution in [0.2, 0.25) is 0 Å². The lowest BCUT2D eigenvalue weighted by Gasteiger charge is -2.21. The molecule has 160 valence electrons. The van der Waals surface area contributed by atoms with E-state index in [9.17, 15) is 9.59 Å². The van der Waals surface area contributed by atoms with Crippen molar-refractivity contribution in [2.45, 2.75) is 6.54 Å². The first-order valence-electron chi connectivity index (χ1n) is 9.91. The minimum atomic E-state index is -0.398. The summed E-state index contributed by atoms with van der Waals surface area (Å²) < 4.78 is 9.57. The lowest BCUT2D eigenvalue weighted by Crippen LogP contribution is -2.40. The average molecular weight is 445 g/mol. The summed E-state index contributed by atoms with van der Waals surface area (Å²) in [6.45, 7) is 0.228. The lowest BCUT2D eigenvalue weighted by atomic mass is 10.2. The molecule has 0 spiro atoms. The molecule has 32 heavy (non-hydrogen) atoms. The SMILES string of the molecule is O=C(CN(C(=O)c1csnn1)c1ccc(Oc2ccccc2)cc1)NCc1ccccc1. The molecule has 0 aliphatic heterocycles. The Hall–Kier alpha value is -4.04. The zero-order chi connectivity index (χ0) is 22.2. The Labute approximate surface area is 189 Å². The summed E-state index contributed by atoms with van der Waals surface area (Å²) in [5, 5.41) is 8.27. The van der Waals surface area contributed by atoms with E-state index in [2.05, 4.69) is 14.9 Å². The topological polar surface area (TPSA) is 84.4 Å². The second kappa shape index (κ2) is 10.3. The van der Waals surface area contributed by atoms with E-state index in [0.717, 1.165) is 17.1 Å². The Balaban J connectivity index is 1.48. The van der Waals surface area contributed by atoms with Crippen LogP contribution in [-0.2, 0) is 11.3 Å². The van der Waals surface area contributed by atoms with Crippen LogP contribution in [0.1, 0.15) is 16.1 Å². The molecule has 0 unspecified atom stereocenters. The Morgan fingerprint density at radius 3 is 2.19 bits per heavy atom. The number of carbonyl (C=O) groups is 2. The van der Waals surface area contributed by atoms with Crippen molar-refractivity contribution in [1.29, 1.82) is 0 Å². The van der Waals surface area contributed by atoms with E-state index in [1.54, 1.807) is 29.6 Å². The van der Waals surface area contributed by atoms with Crippen LogP contribution < -0.4 is 15.0 Å². The molecule has 0 radical (unpaired) electrons. The molecule has 0 atom stereocenters. The van der Waals surface area contributed by atoms with Crippen LogP contribution in [0.3, 0.4) is 0 Å². The van der Waals surface area contributed by atoms with Crippen molar-refractivity contribution in [1.82, 2.24) is 14.9 Å². The summed E-state index contributed by atoms with van der Waals surface area (Å²) in [5.74, 6) is 0.651. The summed E-state index contributed by atoms with van der Waals surface area (Å²) in [7, 11) is 0. The van der Waals surface area contributed by atoms with Crippen molar-refractivity contribution in [3.63, 3.8) is 0 Å². The van der Waals surface area contributed by atoms with Gasteiger partial charge in [0.25, 0.3) is 5.91 Å². The minimum absolute atomic E-state index is 0.151. The third kappa shape index (κ3) is 5.55. The predicted octanol–water partition coefficient (Wildman–Crippen LogP) is 4.29. The number of carbonyl (C=O) groups excluding carboxylic acids is 2. The fourth-order valence-electron chi connectivity index (χ4n) is 2.99. The van der Waals surface area contributed by atoms with Gasteiger partial charge >= 0.3 is 0 Å². The normalized spacial score (nSPS) is 10.4. The van der Waals surface area contributed by atoms with E-state index in [1.165, 1.54) is 4.90 Å². The molecule has 1 heterocycles. The number of aromatic nitrogens is 2. The maximum atomic E-state index is 13.0. The van der Waals surface area contributed by atoms with Gasteiger partial charge in [0.05, 0.1) is 0 Å². The van der Waals surface area contributed by atoms with Gasteiger partial charge in [-0.2, -0.15) is 0 Å². The first kappa shape index (κ1) is 21.2. The summed E-state index contributed by atoms with van der Waals surface area (Å²) in [6, 6.07) is 26.0. The van der Waals surface area contributed by atoms with Crippen molar-refractivity contribution in [3.05, 3.63) is 102 Å².